The van der Waals surface area contributed by atoms with Crippen LogP contribution in [0, 0.1) is 11.6 Å². The fourth-order valence-corrected chi connectivity index (χ4v) is 1.63. The van der Waals surface area contributed by atoms with Crippen LogP contribution in [-0.2, 0) is 4.79 Å². The van der Waals surface area contributed by atoms with E-state index in [2.05, 4.69) is 10.6 Å². The highest BCUT2D eigenvalue weighted by Crippen LogP contribution is 2.24. The molecule has 1 aliphatic heterocycles. The first kappa shape index (κ1) is 10.7. The number of nitrogens with one attached hydrogen (secondary N) is 2. The van der Waals surface area contributed by atoms with Crippen molar-refractivity contribution in [3.8, 4) is 0 Å². The zero-order chi connectivity index (χ0) is 11.7. The van der Waals surface area contributed by atoms with Gasteiger partial charge in [0.15, 0.2) is 5.82 Å². The third-order valence-electron chi connectivity index (χ3n) is 2.43. The van der Waals surface area contributed by atoms with Crippen molar-refractivity contribution in [1.82, 2.24) is 5.32 Å². The summed E-state index contributed by atoms with van der Waals surface area (Å²) in [6.07, 6.45) is 0.275. The summed E-state index contributed by atoms with van der Waals surface area (Å²) in [5, 5.41) is 5.44. The SMILES string of the molecule is Nc1c(F)cc(F)cc1NC1CNC(=O)C1. The number of hydrogen-bond donors (Lipinski definition) is 3. The second-order valence-electron chi connectivity index (χ2n) is 3.70. The second kappa shape index (κ2) is 3.96. The number of rotatable bonds is 2. The fourth-order valence-electron chi connectivity index (χ4n) is 1.63. The summed E-state index contributed by atoms with van der Waals surface area (Å²) in [6, 6.07) is 1.65. The van der Waals surface area contributed by atoms with Gasteiger partial charge < -0.3 is 16.4 Å². The first-order valence-electron chi connectivity index (χ1n) is 4.84. The van der Waals surface area contributed by atoms with Crippen molar-refractivity contribution in [3.63, 3.8) is 0 Å². The molecule has 1 aromatic carbocycles. The maximum absolute atomic E-state index is 13.1. The number of amides is 1. The van der Waals surface area contributed by atoms with Crippen LogP contribution in [0.5, 0.6) is 0 Å². The number of hydrogen-bond acceptors (Lipinski definition) is 3. The molecule has 0 saturated carbocycles. The van der Waals surface area contributed by atoms with Crippen LogP contribution in [0.2, 0.25) is 0 Å². The summed E-state index contributed by atoms with van der Waals surface area (Å²) < 4.78 is 26.0. The van der Waals surface area contributed by atoms with Crippen LogP contribution in [0.4, 0.5) is 20.2 Å². The number of benzene rings is 1. The minimum atomic E-state index is -0.806. The Hall–Kier alpha value is -1.85. The molecule has 2 rings (SSSR count). The standard InChI is InChI=1S/C10H11F2N3O/c11-5-1-7(12)10(13)8(2-5)15-6-3-9(16)14-4-6/h1-2,6,15H,3-4,13H2,(H,14,16). The second-order valence-corrected chi connectivity index (χ2v) is 3.70. The van der Waals surface area contributed by atoms with Gasteiger partial charge in [-0.2, -0.15) is 0 Å². The fraction of sp³-hybridized carbons (Fsp3) is 0.300. The average Bonchev–Trinajstić information content (AvgIpc) is 2.60. The van der Waals surface area contributed by atoms with Crippen molar-refractivity contribution in [3.05, 3.63) is 23.8 Å². The van der Waals surface area contributed by atoms with Gasteiger partial charge in [0.1, 0.15) is 5.82 Å². The third kappa shape index (κ3) is 2.05. The van der Waals surface area contributed by atoms with E-state index >= 15 is 0 Å². The molecule has 1 heterocycles. The predicted molar refractivity (Wildman–Crippen MR) is 55.8 cm³/mol. The van der Waals surface area contributed by atoms with Gasteiger partial charge in [-0.15, -0.1) is 0 Å². The highest BCUT2D eigenvalue weighted by Gasteiger charge is 2.22. The molecule has 6 heteroatoms. The van der Waals surface area contributed by atoms with E-state index in [9.17, 15) is 13.6 Å². The van der Waals surface area contributed by atoms with Crippen molar-refractivity contribution in [2.45, 2.75) is 12.5 Å². The quantitative estimate of drug-likeness (QED) is 0.656. The van der Waals surface area contributed by atoms with Gasteiger partial charge in [-0.05, 0) is 6.07 Å². The van der Waals surface area contributed by atoms with Gasteiger partial charge >= 0.3 is 0 Å². The number of halogens is 2. The van der Waals surface area contributed by atoms with Crippen LogP contribution in [0.25, 0.3) is 0 Å². The number of carbonyl (C=O) groups excluding carboxylic acids is 1. The summed E-state index contributed by atoms with van der Waals surface area (Å²) in [7, 11) is 0. The summed E-state index contributed by atoms with van der Waals surface area (Å²) in [5.41, 5.74) is 5.50. The molecule has 16 heavy (non-hydrogen) atoms. The van der Waals surface area contributed by atoms with E-state index in [1.165, 1.54) is 0 Å². The number of carbonyl (C=O) groups is 1. The van der Waals surface area contributed by atoms with Crippen LogP contribution < -0.4 is 16.4 Å². The van der Waals surface area contributed by atoms with Crippen molar-refractivity contribution >= 4 is 17.3 Å². The monoisotopic (exact) mass is 227 g/mol. The normalized spacial score (nSPS) is 19.6. The highest BCUT2D eigenvalue weighted by atomic mass is 19.1. The molecule has 1 aromatic rings. The lowest BCUT2D eigenvalue weighted by Gasteiger charge is -2.14. The minimum Gasteiger partial charge on any atom is -0.395 e. The van der Waals surface area contributed by atoms with E-state index in [1.54, 1.807) is 0 Å². The molecule has 0 aromatic heterocycles. The van der Waals surface area contributed by atoms with Gasteiger partial charge in [-0.25, -0.2) is 8.78 Å². The van der Waals surface area contributed by atoms with Crippen LogP contribution >= 0.6 is 0 Å². The zero-order valence-electron chi connectivity index (χ0n) is 8.39. The van der Waals surface area contributed by atoms with E-state index < -0.39 is 11.6 Å². The molecule has 1 unspecified atom stereocenters. The summed E-state index contributed by atoms with van der Waals surface area (Å²) in [5.74, 6) is -1.60. The lowest BCUT2D eigenvalue weighted by molar-refractivity contribution is -0.119. The Bertz CT molecular complexity index is 436. The van der Waals surface area contributed by atoms with Crippen molar-refractivity contribution in [1.29, 1.82) is 0 Å². The highest BCUT2D eigenvalue weighted by molar-refractivity contribution is 5.80. The Labute approximate surface area is 90.8 Å². The van der Waals surface area contributed by atoms with Crippen LogP contribution in [-0.4, -0.2) is 18.5 Å². The van der Waals surface area contributed by atoms with Gasteiger partial charge in [0.2, 0.25) is 5.91 Å². The van der Waals surface area contributed by atoms with E-state index in [1.807, 2.05) is 0 Å². The number of anilines is 2. The largest absolute Gasteiger partial charge is 0.395 e. The molecule has 0 radical (unpaired) electrons. The first-order chi connectivity index (χ1) is 7.56. The summed E-state index contributed by atoms with van der Waals surface area (Å²) in [4.78, 5) is 10.9. The Morgan fingerprint density at radius 3 is 2.81 bits per heavy atom. The zero-order valence-corrected chi connectivity index (χ0v) is 8.39. The Morgan fingerprint density at radius 1 is 1.44 bits per heavy atom. The van der Waals surface area contributed by atoms with Gasteiger partial charge in [0.25, 0.3) is 0 Å². The van der Waals surface area contributed by atoms with E-state index in [0.29, 0.717) is 6.54 Å². The molecule has 0 aliphatic carbocycles. The molecule has 4 N–H and O–H groups in total. The van der Waals surface area contributed by atoms with Crippen LogP contribution in [0.15, 0.2) is 12.1 Å². The van der Waals surface area contributed by atoms with E-state index in [-0.39, 0.29) is 29.7 Å². The molecule has 1 amide bonds. The number of nitrogen functional groups attached to an aromatic ring is 1. The smallest absolute Gasteiger partial charge is 0.222 e. The van der Waals surface area contributed by atoms with Gasteiger partial charge in [-0.3, -0.25) is 4.79 Å². The molecule has 86 valence electrons. The van der Waals surface area contributed by atoms with Crippen LogP contribution in [0.1, 0.15) is 6.42 Å². The van der Waals surface area contributed by atoms with Crippen LogP contribution in [0.3, 0.4) is 0 Å². The molecule has 4 nitrogen and oxygen atoms in total. The van der Waals surface area contributed by atoms with Gasteiger partial charge in [-0.1, -0.05) is 0 Å². The topological polar surface area (TPSA) is 67.2 Å². The van der Waals surface area contributed by atoms with Crippen molar-refractivity contribution in [2.24, 2.45) is 0 Å². The summed E-state index contributed by atoms with van der Waals surface area (Å²) >= 11 is 0. The molecular weight excluding hydrogens is 216 g/mol. The molecule has 1 aliphatic rings. The van der Waals surface area contributed by atoms with Gasteiger partial charge in [0, 0.05) is 19.0 Å². The molecule has 0 bridgehead atoms. The van der Waals surface area contributed by atoms with Gasteiger partial charge in [0.05, 0.1) is 17.4 Å². The lowest BCUT2D eigenvalue weighted by atomic mass is 10.2. The predicted octanol–water partition coefficient (Wildman–Crippen LogP) is 0.847. The number of nitrogens with two attached hydrogens (primary N) is 1. The minimum absolute atomic E-state index is 0.0899. The lowest BCUT2D eigenvalue weighted by Crippen LogP contribution is -2.23. The molecule has 0 spiro atoms. The Kier molecular flexibility index (Phi) is 2.64. The molecule has 1 atom stereocenters. The maximum atomic E-state index is 13.1. The Morgan fingerprint density at radius 2 is 2.19 bits per heavy atom. The molecule has 1 fully saturated rings. The third-order valence-corrected chi connectivity index (χ3v) is 2.43. The Balaban J connectivity index is 2.18. The first-order valence-corrected chi connectivity index (χ1v) is 4.84. The van der Waals surface area contributed by atoms with E-state index in [4.69, 9.17) is 5.73 Å². The summed E-state index contributed by atoms with van der Waals surface area (Å²) in [6.45, 7) is 0.427. The van der Waals surface area contributed by atoms with E-state index in [0.717, 1.165) is 12.1 Å². The average molecular weight is 227 g/mol. The van der Waals surface area contributed by atoms with Crippen molar-refractivity contribution in [2.75, 3.05) is 17.6 Å². The maximum Gasteiger partial charge on any atom is 0.222 e. The molecule has 1 saturated heterocycles. The van der Waals surface area contributed by atoms with Crippen molar-refractivity contribution < 1.29 is 13.6 Å². The molecular formula is C10H11F2N3O.